The Balaban J connectivity index is 0.000000214. The van der Waals surface area contributed by atoms with Crippen molar-refractivity contribution in [2.45, 2.75) is 21.6 Å². The van der Waals surface area contributed by atoms with Crippen molar-refractivity contribution in [3.63, 3.8) is 0 Å². The minimum absolute atomic E-state index is 0. The number of phenols is 1. The SMILES string of the molecule is CS(=O)(=O)O.CS(=O)(=O)O.CS(=O)(=O)O.Cc1cc(N=Nc2c(S(=O)(=O)O)cc3cc(NS(C)(=O)=O)ccc3c2O)c(OCCO)cc1N=Nc1ccc2c(S(=O)(=O)O)cccc2c1S(=O)(=O)O.[Zn+2].c1ccc2c(c1)-c1nc-2nc2[n-]c(nc3nc(nc4[n-]c(n1)c1ccccc41)-c1ccccc1-3)c1ccccc21. The molecule has 5 heterocycles. The maximum absolute atomic E-state index is 12.4. The van der Waals surface area contributed by atoms with Crippen LogP contribution in [-0.4, -0.2) is 165 Å². The maximum atomic E-state index is 12.4. The summed E-state index contributed by atoms with van der Waals surface area (Å²) in [6, 6.07) is 44.7. The molecule has 3 aromatic heterocycles. The van der Waals surface area contributed by atoms with Gasteiger partial charge in [0.25, 0.3) is 60.7 Å². The molecule has 9 N–H and O–H groups in total. The van der Waals surface area contributed by atoms with E-state index in [1.807, 2.05) is 97.1 Å². The number of fused-ring (bicyclic) bond motifs is 22. The largest absolute Gasteiger partial charge is 2.00 e. The molecule has 0 unspecified atom stereocenters. The fourth-order valence-electron chi connectivity index (χ4n) is 10.6. The molecule has 0 radical (unpaired) electrons. The Morgan fingerprint density at radius 1 is 0.413 bits per heavy atom. The second-order valence-corrected chi connectivity index (χ2v) is 33.3. The van der Waals surface area contributed by atoms with E-state index in [9.17, 15) is 82.8 Å². The number of benzene rings is 9. The number of azo groups is 2. The van der Waals surface area contributed by atoms with Gasteiger partial charge >= 0.3 is 19.5 Å². The van der Waals surface area contributed by atoms with Gasteiger partial charge in [-0.15, -0.1) is 15.3 Å². The normalized spacial score (nSPS) is 12.3. The fraction of sp³-hybridized carbons (Fsp3) is 0.108. The van der Waals surface area contributed by atoms with Gasteiger partial charge in [-0.1, -0.05) is 115 Å². The van der Waals surface area contributed by atoms with Crippen LogP contribution >= 0.6 is 0 Å². The summed E-state index contributed by atoms with van der Waals surface area (Å²) in [5, 5.41) is 39.4. The summed E-state index contributed by atoms with van der Waals surface area (Å²) in [6.45, 7) is 0.734. The second-order valence-electron chi connectivity index (χ2n) is 23.0. The number of nitrogens with one attached hydrogen (secondary N) is 1. The van der Waals surface area contributed by atoms with Crippen molar-refractivity contribution in [1.82, 2.24) is 39.9 Å². The third kappa shape index (κ3) is 20.8. The van der Waals surface area contributed by atoms with Crippen molar-refractivity contribution in [2.75, 3.05) is 43.0 Å². The molecule has 9 aromatic carbocycles. The standard InChI is InChI=1S/C32H16N8.C30H27N5O14S4.3CH4O3S.Zn/c1-2-10-18-17(9-1)25-33-26(18)38-28-21-13-5-6-14-22(21)30(35-28)40-32-24-16-8-7-15-23(24)31(36-32)39-29-20-12-4-3-11-19(20)27(34-29)37-25;1-16-12-24(33-34-28-27(52(43,44)45)14-17-13-18(35-50(2,38)39)6-7-19(17)29(28)37)25(49-11-10-36)15-23(16)32-31-22-9-8-20-21(30(22)53(46,47)48)4-3-5-26(20)51(40,41)42;3*1-5(2,3)4;/h1-16H;3-9,12-15,35-37H,10-11H2,1-2H3,(H,40,41,42)(H,43,44,45)(H,46,47,48);3*1H3,(H,2,3,4);/q-2;;;;;+2. The van der Waals surface area contributed by atoms with Crippen LogP contribution in [0.3, 0.4) is 0 Å². The van der Waals surface area contributed by atoms with Crippen LogP contribution < -0.4 is 19.4 Å². The number of hydrogen-bond acceptors (Lipinski definition) is 27. The summed E-state index contributed by atoms with van der Waals surface area (Å²) in [7, 11) is -29.6. The van der Waals surface area contributed by atoms with Crippen molar-refractivity contribution in [2.24, 2.45) is 20.5 Å². The molecule has 12 aromatic rings. The Morgan fingerprint density at radius 2 is 0.807 bits per heavy atom. The van der Waals surface area contributed by atoms with E-state index in [4.69, 9.17) is 58.3 Å². The van der Waals surface area contributed by atoms with Gasteiger partial charge in [0.1, 0.15) is 44.1 Å². The van der Waals surface area contributed by atoms with Gasteiger partial charge in [0.05, 0.1) is 60.6 Å². The Morgan fingerprint density at radius 3 is 1.21 bits per heavy atom. The van der Waals surface area contributed by atoms with Gasteiger partial charge < -0.3 is 44.9 Å². The first-order valence-corrected chi connectivity index (χ1v) is 42.0. The first-order chi connectivity index (χ1) is 50.4. The third-order valence-corrected chi connectivity index (χ3v) is 17.9. The average molecular weight is 1680 g/mol. The molecule has 0 saturated heterocycles. The van der Waals surface area contributed by atoms with Gasteiger partial charge in [-0.2, -0.15) is 55.6 Å². The molecule has 109 heavy (non-hydrogen) atoms. The number of sulfonamides is 1. The molecule has 0 aliphatic carbocycles. The summed E-state index contributed by atoms with van der Waals surface area (Å²) in [5.41, 5.74) is 4.91. The van der Waals surface area contributed by atoms with Crippen molar-refractivity contribution in [1.29, 1.82) is 0 Å². The number of aryl methyl sites for hydroxylation is 1. The number of aromatic nitrogens is 8. The van der Waals surface area contributed by atoms with Crippen LogP contribution in [0.15, 0.2) is 199 Å². The van der Waals surface area contributed by atoms with Gasteiger partial charge in [-0.25, -0.2) is 18.4 Å². The van der Waals surface area contributed by atoms with Gasteiger partial charge in [-0.05, 0) is 81.9 Å². The molecule has 14 rings (SSSR count). The molecule has 2 aliphatic rings. The van der Waals surface area contributed by atoms with Crippen LogP contribution in [0.1, 0.15) is 5.56 Å². The zero-order chi connectivity index (χ0) is 78.8. The van der Waals surface area contributed by atoms with E-state index < -0.39 is 109 Å². The van der Waals surface area contributed by atoms with E-state index >= 15 is 0 Å². The second kappa shape index (κ2) is 32.3. The van der Waals surface area contributed by atoms with E-state index in [1.165, 1.54) is 43.3 Å². The van der Waals surface area contributed by atoms with Crippen molar-refractivity contribution in [3.8, 4) is 57.1 Å². The van der Waals surface area contributed by atoms with E-state index in [2.05, 4.69) is 25.2 Å². The Kier molecular flexibility index (Phi) is 24.5. The average Bonchev–Trinajstić information content (AvgIpc) is 1.74. The Labute approximate surface area is 632 Å². The molecule has 8 bridgehead atoms. The summed E-state index contributed by atoms with van der Waals surface area (Å²) in [4.78, 5) is 37.0. The predicted molar refractivity (Wildman–Crippen MR) is 396 cm³/mol. The zero-order valence-corrected chi connectivity index (χ0v) is 65.3. The molecule has 44 heteroatoms. The number of nitrogens with zero attached hydrogens (tertiary/aromatic N) is 12. The summed E-state index contributed by atoms with van der Waals surface area (Å²) in [6.07, 6.45) is 3.04. The molecule has 562 valence electrons. The first kappa shape index (κ1) is 82.5. The van der Waals surface area contributed by atoms with E-state index in [0.717, 1.165) is 80.4 Å². The number of hydrogen-bond donors (Lipinski definition) is 9. The number of ether oxygens (including phenoxy) is 1. The number of aliphatic hydroxyl groups is 1. The molecular weight excluding hydrogens is 1620 g/mol. The topological polar surface area (TPSA) is 577 Å². The molecular formula is C65H55N13O23S7Zn. The van der Waals surface area contributed by atoms with Crippen molar-refractivity contribution in [3.05, 3.63) is 169 Å². The molecule has 2 aliphatic heterocycles. The summed E-state index contributed by atoms with van der Waals surface area (Å²) < 4.78 is 212. The van der Waals surface area contributed by atoms with Gasteiger partial charge in [-0.3, -0.25) is 32.0 Å². The first-order valence-electron chi connectivity index (χ1n) is 30.2. The quantitative estimate of drug-likeness (QED) is 0.0312. The maximum Gasteiger partial charge on any atom is 2.00 e. The van der Waals surface area contributed by atoms with E-state index in [1.54, 1.807) is 0 Å². The Hall–Kier alpha value is -10.5. The Bertz CT molecular complexity index is 6360. The molecule has 0 saturated carbocycles. The fourth-order valence-corrected chi connectivity index (χ4v) is 13.3. The molecule has 36 nitrogen and oxygen atoms in total. The van der Waals surface area contributed by atoms with Crippen LogP contribution in [0.5, 0.6) is 11.5 Å². The predicted octanol–water partition coefficient (Wildman–Crippen LogP) is 9.96. The van der Waals surface area contributed by atoms with E-state index in [0.29, 0.717) is 64.7 Å². The number of aromatic hydroxyl groups is 1. The number of anilines is 1. The minimum atomic E-state index is -5.06. The smallest absolute Gasteiger partial charge is 0.505 e. The summed E-state index contributed by atoms with van der Waals surface area (Å²) >= 11 is 0. The minimum Gasteiger partial charge on any atom is -0.505 e. The van der Waals surface area contributed by atoms with Gasteiger partial charge in [0.15, 0.2) is 5.75 Å². The van der Waals surface area contributed by atoms with Crippen LogP contribution in [-0.2, 0) is 90.2 Å². The van der Waals surface area contributed by atoms with E-state index in [-0.39, 0.29) is 76.0 Å². The van der Waals surface area contributed by atoms with Crippen molar-refractivity contribution < 1.29 is 121 Å². The van der Waals surface area contributed by atoms with Crippen LogP contribution in [0.2, 0.25) is 0 Å². The molecule has 0 atom stereocenters. The monoisotopic (exact) mass is 1670 g/mol. The van der Waals surface area contributed by atoms with Crippen LogP contribution in [0, 0.1) is 6.92 Å². The van der Waals surface area contributed by atoms with Gasteiger partial charge in [0.2, 0.25) is 10.0 Å². The van der Waals surface area contributed by atoms with Crippen LogP contribution in [0.25, 0.3) is 111 Å². The number of aliphatic hydroxyl groups excluding tert-OH is 1. The molecule has 0 amide bonds. The third-order valence-electron chi connectivity index (χ3n) is 14.6. The summed E-state index contributed by atoms with van der Waals surface area (Å²) in [5.74, 6) is 1.34. The molecule has 0 fully saturated rings. The number of phenolic OH excluding ortho intramolecular Hbond substituents is 1. The molecule has 0 spiro atoms. The van der Waals surface area contributed by atoms with Crippen LogP contribution in [0.4, 0.5) is 28.4 Å². The zero-order valence-electron chi connectivity index (χ0n) is 56.6. The number of rotatable bonds is 12. The van der Waals surface area contributed by atoms with Gasteiger partial charge in [0, 0.05) is 72.8 Å². The van der Waals surface area contributed by atoms with Crippen molar-refractivity contribution >= 4 is 165 Å².